The van der Waals surface area contributed by atoms with Gasteiger partial charge in [0.2, 0.25) is 0 Å². The Labute approximate surface area is 405 Å². The largest absolute Gasteiger partial charge is 0.488 e. The Bertz CT molecular complexity index is 3000. The molecule has 69 heavy (non-hydrogen) atoms. The Morgan fingerprint density at radius 1 is 0.739 bits per heavy atom. The summed E-state index contributed by atoms with van der Waals surface area (Å²) in [6.45, 7) is 11.7. The molecule has 0 atom stereocenters. The highest BCUT2D eigenvalue weighted by molar-refractivity contribution is 6.32. The lowest BCUT2D eigenvalue weighted by atomic mass is 9.89. The summed E-state index contributed by atoms with van der Waals surface area (Å²) in [5, 5.41) is 39.8. The Hall–Kier alpha value is -7.50. The van der Waals surface area contributed by atoms with Gasteiger partial charge in [0.15, 0.2) is 0 Å². The Morgan fingerprint density at radius 3 is 2.00 bits per heavy atom. The van der Waals surface area contributed by atoms with Gasteiger partial charge < -0.3 is 39.0 Å². The van der Waals surface area contributed by atoms with Crippen molar-refractivity contribution in [3.05, 3.63) is 146 Å². The molecular weight excluding hydrogens is 902 g/mol. The van der Waals surface area contributed by atoms with Gasteiger partial charge in [-0.2, -0.15) is 10.5 Å². The van der Waals surface area contributed by atoms with Crippen molar-refractivity contribution in [2.45, 2.75) is 86.0 Å². The third-order valence-corrected chi connectivity index (χ3v) is 10.9. The van der Waals surface area contributed by atoms with Crippen LogP contribution in [0, 0.1) is 29.6 Å². The maximum Gasteiger partial charge on any atom is 0.410 e. The number of nitriles is 2. The van der Waals surface area contributed by atoms with Crippen molar-refractivity contribution >= 4 is 29.4 Å². The van der Waals surface area contributed by atoms with Gasteiger partial charge in [-0.1, -0.05) is 48.0 Å². The molecule has 0 spiro atoms. The number of carbonyl (C=O) groups is 2. The van der Waals surface area contributed by atoms with Gasteiger partial charge in [0.1, 0.15) is 53.7 Å². The number of ether oxygens (including phenoxy) is 4. The molecule has 0 unspecified atom stereocenters. The number of rotatable bonds is 16. The number of halogens is 1. The highest BCUT2D eigenvalue weighted by atomic mass is 35.5. The van der Waals surface area contributed by atoms with Crippen molar-refractivity contribution in [3.8, 4) is 45.9 Å². The predicted molar refractivity (Wildman–Crippen MR) is 258 cm³/mol. The second-order valence-electron chi connectivity index (χ2n) is 18.1. The highest BCUT2D eigenvalue weighted by Crippen LogP contribution is 2.37. The number of carbonyl (C=O) groups excluding carboxylic acids is 2. The van der Waals surface area contributed by atoms with Crippen molar-refractivity contribution in [3.63, 3.8) is 0 Å². The molecule has 0 fully saturated rings. The van der Waals surface area contributed by atoms with E-state index in [9.17, 15) is 35.1 Å². The molecule has 2 amide bonds. The molecule has 0 radical (unpaired) electrons. The van der Waals surface area contributed by atoms with E-state index >= 15 is 0 Å². The monoisotopic (exact) mass is 955 g/mol. The summed E-state index contributed by atoms with van der Waals surface area (Å²) >= 11 is 6.87. The van der Waals surface area contributed by atoms with Crippen molar-refractivity contribution in [2.75, 3.05) is 26.3 Å². The predicted octanol–water partition coefficient (Wildman–Crippen LogP) is 8.75. The van der Waals surface area contributed by atoms with Gasteiger partial charge in [0, 0.05) is 66.2 Å². The summed E-state index contributed by atoms with van der Waals surface area (Å²) in [4.78, 5) is 50.9. The number of pyridine rings is 2. The average molecular weight is 956 g/mol. The number of amides is 2. The average Bonchev–Trinajstić information content (AvgIpc) is 3.30. The van der Waals surface area contributed by atoms with Crippen LogP contribution in [0.25, 0.3) is 27.9 Å². The van der Waals surface area contributed by atoms with Gasteiger partial charge in [0.05, 0.1) is 48.0 Å². The minimum Gasteiger partial charge on any atom is -0.488 e. The molecule has 3 aromatic carbocycles. The minimum absolute atomic E-state index is 0.0136. The van der Waals surface area contributed by atoms with Crippen molar-refractivity contribution in [1.29, 1.82) is 10.5 Å². The van der Waals surface area contributed by atoms with Gasteiger partial charge in [-0.05, 0) is 95.0 Å². The number of nitrogens with zero attached hydrogens (tertiary/aromatic N) is 7. The van der Waals surface area contributed by atoms with Crippen LogP contribution < -0.4 is 15.0 Å². The van der Waals surface area contributed by atoms with E-state index in [0.29, 0.717) is 50.3 Å². The zero-order valence-electron chi connectivity index (χ0n) is 39.6. The lowest BCUT2D eigenvalue weighted by Gasteiger charge is -2.28. The minimum atomic E-state index is -0.781. The molecule has 6 aromatic rings. The number of aliphatic hydroxyl groups is 2. The summed E-state index contributed by atoms with van der Waals surface area (Å²) < 4.78 is 25.1. The molecule has 0 saturated heterocycles. The molecule has 3 aromatic heterocycles. The normalized spacial score (nSPS) is 11.4. The lowest BCUT2D eigenvalue weighted by Crippen LogP contribution is -2.39. The second-order valence-corrected chi connectivity index (χ2v) is 18.5. The lowest BCUT2D eigenvalue weighted by molar-refractivity contribution is 0.0192. The van der Waals surface area contributed by atoms with Crippen LogP contribution in [0.2, 0.25) is 5.02 Å². The smallest absolute Gasteiger partial charge is 0.410 e. The maximum absolute atomic E-state index is 13.6. The molecule has 2 N–H and O–H groups in total. The third kappa shape index (κ3) is 12.9. The van der Waals surface area contributed by atoms with Gasteiger partial charge >= 0.3 is 12.2 Å². The highest BCUT2D eigenvalue weighted by Gasteiger charge is 2.26. The molecule has 0 aliphatic heterocycles. The van der Waals surface area contributed by atoms with E-state index in [1.54, 1.807) is 84.3 Å². The van der Waals surface area contributed by atoms with Crippen LogP contribution in [-0.2, 0) is 35.8 Å². The molecule has 358 valence electrons. The van der Waals surface area contributed by atoms with Crippen LogP contribution in [0.1, 0.15) is 80.5 Å². The van der Waals surface area contributed by atoms with Crippen LogP contribution in [0.4, 0.5) is 9.59 Å². The first kappa shape index (κ1) is 50.9. The summed E-state index contributed by atoms with van der Waals surface area (Å²) in [5.41, 5.74) is 4.89. The van der Waals surface area contributed by atoms with Crippen molar-refractivity contribution < 1.29 is 38.7 Å². The molecular formula is C52H54ClN7O9. The van der Waals surface area contributed by atoms with Gasteiger partial charge in [-0.25, -0.2) is 14.6 Å². The fourth-order valence-electron chi connectivity index (χ4n) is 7.32. The first-order valence-electron chi connectivity index (χ1n) is 22.0. The summed E-state index contributed by atoms with van der Waals surface area (Å²) in [5.74, 6) is 0.623. The van der Waals surface area contributed by atoms with E-state index in [1.807, 2.05) is 43.3 Å². The van der Waals surface area contributed by atoms with Crippen LogP contribution >= 0.6 is 11.6 Å². The maximum atomic E-state index is 13.6. The topological polar surface area (TPSA) is 213 Å². The first-order chi connectivity index (χ1) is 32.8. The van der Waals surface area contributed by atoms with E-state index in [2.05, 4.69) is 22.1 Å². The quantitative estimate of drug-likeness (QED) is 0.0930. The zero-order chi connectivity index (χ0) is 50.0. The van der Waals surface area contributed by atoms with E-state index in [4.69, 9.17) is 30.5 Å². The number of aromatic nitrogens is 3. The number of hydrogen-bond donors (Lipinski definition) is 2. The molecule has 0 aliphatic carbocycles. The van der Waals surface area contributed by atoms with Crippen LogP contribution in [-0.4, -0.2) is 84.1 Å². The SMILES string of the molecule is Cc1c(COc2cc(OCc3cncc(C#N)c3)c(CN(CCO)C(=O)OC(C)(C)C)cc2Cl)cccc1-c1cccc(-c2ccn3c(=O)c(CN(CCO)C(=O)OC(C)(C)C)cnc3c2)c1C#N. The molecule has 6 rings (SSSR count). The number of fused-ring (bicyclic) bond motifs is 1. The summed E-state index contributed by atoms with van der Waals surface area (Å²) in [6, 6.07) is 24.1. The second kappa shape index (κ2) is 22.1. The van der Waals surface area contributed by atoms with E-state index in [1.165, 1.54) is 26.6 Å². The fourth-order valence-corrected chi connectivity index (χ4v) is 7.56. The van der Waals surface area contributed by atoms with Crippen LogP contribution in [0.15, 0.2) is 96.3 Å². The molecule has 0 saturated carbocycles. The first-order valence-corrected chi connectivity index (χ1v) is 22.4. The van der Waals surface area contributed by atoms with Gasteiger partial charge in [-0.3, -0.25) is 14.2 Å². The van der Waals surface area contributed by atoms with Gasteiger partial charge in [0.25, 0.3) is 5.56 Å². The molecule has 3 heterocycles. The summed E-state index contributed by atoms with van der Waals surface area (Å²) in [7, 11) is 0. The number of benzene rings is 3. The number of aliphatic hydroxyl groups excluding tert-OH is 2. The Kier molecular flexibility index (Phi) is 16.3. The molecule has 16 nitrogen and oxygen atoms in total. The molecule has 0 aliphatic rings. The Balaban J connectivity index is 1.28. The van der Waals surface area contributed by atoms with Crippen molar-refractivity contribution in [2.24, 2.45) is 0 Å². The Morgan fingerprint density at radius 2 is 1.36 bits per heavy atom. The molecule has 0 bridgehead atoms. The van der Waals surface area contributed by atoms with Crippen LogP contribution in [0.5, 0.6) is 11.5 Å². The van der Waals surface area contributed by atoms with Crippen LogP contribution in [0.3, 0.4) is 0 Å². The zero-order valence-corrected chi connectivity index (χ0v) is 40.3. The molecule has 17 heteroatoms. The van der Waals surface area contributed by atoms with E-state index < -0.39 is 28.9 Å². The van der Waals surface area contributed by atoms with E-state index in [0.717, 1.165) is 16.7 Å². The number of hydrogen-bond acceptors (Lipinski definition) is 13. The third-order valence-electron chi connectivity index (χ3n) is 10.6. The standard InChI is InChI=1S/C52H54ClN7O9/c1-33-37(32-67-46-23-45(66-31-35-20-34(24-54)26-56-27-35)38(21-44(46)53)29-58(16-18-61)49(64)68-51(2,3)4)10-8-11-40(33)42-13-9-12-41(43(42)25-55)36-14-15-60-47(22-36)57-28-39(48(60)63)30-59(17-19-62)50(65)69-52(5,6)7/h8-15,20-23,26-28,61-62H,16-19,29-32H2,1-7H3. The van der Waals surface area contributed by atoms with Crippen molar-refractivity contribution in [1.82, 2.24) is 24.2 Å². The summed E-state index contributed by atoms with van der Waals surface area (Å²) in [6.07, 6.45) is 4.71. The van der Waals surface area contributed by atoms with Gasteiger partial charge in [-0.15, -0.1) is 0 Å². The van der Waals surface area contributed by atoms with E-state index in [-0.39, 0.29) is 68.9 Å². The fraction of sp³-hybridized carbons (Fsp3) is 0.327.